The second-order valence-corrected chi connectivity index (χ2v) is 4.84. The van der Waals surface area contributed by atoms with Gasteiger partial charge in [-0.05, 0) is 38.2 Å². The molecule has 0 saturated carbocycles. The highest BCUT2D eigenvalue weighted by atomic mass is 19.1. The van der Waals surface area contributed by atoms with Crippen LogP contribution in [0.15, 0.2) is 18.2 Å². The minimum absolute atomic E-state index is 0.343. The molecule has 2 N–H and O–H groups in total. The van der Waals surface area contributed by atoms with Gasteiger partial charge >= 0.3 is 0 Å². The fourth-order valence-electron chi connectivity index (χ4n) is 2.40. The third-order valence-corrected chi connectivity index (χ3v) is 3.43. The molecule has 1 aliphatic rings. The molecule has 1 fully saturated rings. The predicted molar refractivity (Wildman–Crippen MR) is 66.1 cm³/mol. The standard InChI is InChI=1S/C14H19F2NO/c15-10-6-7-12(13(16)9-10)14(17)5-1-3-11-4-2-8-18-11/h6-7,9,11,14H,1-5,8,17H2. The van der Waals surface area contributed by atoms with E-state index in [1.54, 1.807) is 0 Å². The van der Waals surface area contributed by atoms with Gasteiger partial charge in [0.25, 0.3) is 0 Å². The molecule has 0 radical (unpaired) electrons. The lowest BCUT2D eigenvalue weighted by atomic mass is 9.99. The second kappa shape index (κ2) is 6.25. The van der Waals surface area contributed by atoms with Gasteiger partial charge in [-0.1, -0.05) is 6.07 Å². The van der Waals surface area contributed by atoms with E-state index in [1.165, 1.54) is 12.1 Å². The minimum Gasteiger partial charge on any atom is -0.378 e. The summed E-state index contributed by atoms with van der Waals surface area (Å²) in [6.07, 6.45) is 5.15. The minimum atomic E-state index is -0.567. The fraction of sp³-hybridized carbons (Fsp3) is 0.571. The molecule has 2 rings (SSSR count). The van der Waals surface area contributed by atoms with Crippen LogP contribution in [0, 0.1) is 11.6 Å². The SMILES string of the molecule is NC(CCCC1CCCO1)c1ccc(F)cc1F. The van der Waals surface area contributed by atoms with Crippen molar-refractivity contribution in [1.82, 2.24) is 0 Å². The van der Waals surface area contributed by atoms with E-state index in [4.69, 9.17) is 10.5 Å². The molecule has 1 aliphatic heterocycles. The number of benzene rings is 1. The van der Waals surface area contributed by atoms with Gasteiger partial charge < -0.3 is 10.5 Å². The molecule has 0 amide bonds. The maximum atomic E-state index is 13.5. The molecule has 1 aromatic rings. The van der Waals surface area contributed by atoms with Gasteiger partial charge in [-0.3, -0.25) is 0 Å². The Bertz CT molecular complexity index is 391. The van der Waals surface area contributed by atoms with Crippen LogP contribution in [0.2, 0.25) is 0 Å². The quantitative estimate of drug-likeness (QED) is 0.876. The Morgan fingerprint density at radius 3 is 2.89 bits per heavy atom. The van der Waals surface area contributed by atoms with Crippen LogP contribution in [-0.2, 0) is 4.74 Å². The van der Waals surface area contributed by atoms with Crippen molar-refractivity contribution in [1.29, 1.82) is 0 Å². The molecule has 0 spiro atoms. The fourth-order valence-corrected chi connectivity index (χ4v) is 2.40. The van der Waals surface area contributed by atoms with Gasteiger partial charge in [-0.15, -0.1) is 0 Å². The van der Waals surface area contributed by atoms with Crippen LogP contribution in [0.1, 0.15) is 43.7 Å². The molecule has 2 atom stereocenters. The Balaban J connectivity index is 1.81. The molecular formula is C14H19F2NO. The highest BCUT2D eigenvalue weighted by Crippen LogP contribution is 2.23. The molecule has 2 unspecified atom stereocenters. The normalized spacial score (nSPS) is 21.2. The first kappa shape index (κ1) is 13.4. The van der Waals surface area contributed by atoms with E-state index in [9.17, 15) is 8.78 Å². The Morgan fingerprint density at radius 1 is 1.39 bits per heavy atom. The molecule has 1 saturated heterocycles. The third-order valence-electron chi connectivity index (χ3n) is 3.43. The maximum Gasteiger partial charge on any atom is 0.130 e. The monoisotopic (exact) mass is 255 g/mol. The topological polar surface area (TPSA) is 35.2 Å². The lowest BCUT2D eigenvalue weighted by Crippen LogP contribution is -2.13. The van der Waals surface area contributed by atoms with Crippen LogP contribution in [-0.4, -0.2) is 12.7 Å². The summed E-state index contributed by atoms with van der Waals surface area (Å²) in [5, 5.41) is 0. The summed E-state index contributed by atoms with van der Waals surface area (Å²) >= 11 is 0. The Labute approximate surface area is 106 Å². The van der Waals surface area contributed by atoms with Gasteiger partial charge in [-0.25, -0.2) is 8.78 Å². The van der Waals surface area contributed by atoms with Crippen LogP contribution >= 0.6 is 0 Å². The Morgan fingerprint density at radius 2 is 2.22 bits per heavy atom. The summed E-state index contributed by atoms with van der Waals surface area (Å²) in [6, 6.07) is 3.20. The zero-order valence-corrected chi connectivity index (χ0v) is 10.4. The average molecular weight is 255 g/mol. The molecule has 18 heavy (non-hydrogen) atoms. The second-order valence-electron chi connectivity index (χ2n) is 4.84. The van der Waals surface area contributed by atoms with Gasteiger partial charge in [-0.2, -0.15) is 0 Å². The number of hydrogen-bond donors (Lipinski definition) is 1. The molecule has 100 valence electrons. The molecule has 2 nitrogen and oxygen atoms in total. The number of hydrogen-bond acceptors (Lipinski definition) is 2. The van der Waals surface area contributed by atoms with E-state index in [2.05, 4.69) is 0 Å². The van der Waals surface area contributed by atoms with Crippen LogP contribution in [0.3, 0.4) is 0 Å². The van der Waals surface area contributed by atoms with Crippen molar-refractivity contribution in [3.8, 4) is 0 Å². The lowest BCUT2D eigenvalue weighted by molar-refractivity contribution is 0.101. The smallest absolute Gasteiger partial charge is 0.130 e. The van der Waals surface area contributed by atoms with Crippen LogP contribution in [0.5, 0.6) is 0 Å². The summed E-state index contributed by atoms with van der Waals surface area (Å²) in [5.74, 6) is -1.12. The molecule has 0 aliphatic carbocycles. The predicted octanol–water partition coefficient (Wildman–Crippen LogP) is 3.31. The number of rotatable bonds is 5. The molecule has 1 heterocycles. The summed E-state index contributed by atoms with van der Waals surface area (Å²) in [7, 11) is 0. The van der Waals surface area contributed by atoms with E-state index in [-0.39, 0.29) is 6.04 Å². The summed E-state index contributed by atoms with van der Waals surface area (Å²) in [4.78, 5) is 0. The summed E-state index contributed by atoms with van der Waals surface area (Å²) in [5.41, 5.74) is 6.32. The van der Waals surface area contributed by atoms with E-state index < -0.39 is 11.6 Å². The highest BCUT2D eigenvalue weighted by molar-refractivity contribution is 5.21. The van der Waals surface area contributed by atoms with Crippen molar-refractivity contribution in [2.24, 2.45) is 5.73 Å². The van der Waals surface area contributed by atoms with Gasteiger partial charge in [0.1, 0.15) is 11.6 Å². The van der Waals surface area contributed by atoms with Crippen LogP contribution in [0.4, 0.5) is 8.78 Å². The van der Waals surface area contributed by atoms with Gasteiger partial charge in [0, 0.05) is 24.3 Å². The Kier molecular flexibility index (Phi) is 4.66. The third kappa shape index (κ3) is 3.50. The van der Waals surface area contributed by atoms with Gasteiger partial charge in [0.15, 0.2) is 0 Å². The number of halogens is 2. The van der Waals surface area contributed by atoms with Crippen LogP contribution in [0.25, 0.3) is 0 Å². The van der Waals surface area contributed by atoms with Crippen molar-refractivity contribution in [3.05, 3.63) is 35.4 Å². The lowest BCUT2D eigenvalue weighted by Gasteiger charge is -2.14. The zero-order chi connectivity index (χ0) is 13.0. The van der Waals surface area contributed by atoms with E-state index in [1.807, 2.05) is 0 Å². The zero-order valence-electron chi connectivity index (χ0n) is 10.4. The van der Waals surface area contributed by atoms with Crippen molar-refractivity contribution in [2.45, 2.75) is 44.2 Å². The molecule has 4 heteroatoms. The molecule has 0 bridgehead atoms. The average Bonchev–Trinajstić information content (AvgIpc) is 2.81. The van der Waals surface area contributed by atoms with Crippen LogP contribution < -0.4 is 5.73 Å². The van der Waals surface area contributed by atoms with Crippen molar-refractivity contribution in [2.75, 3.05) is 6.61 Å². The summed E-state index contributed by atoms with van der Waals surface area (Å²) in [6.45, 7) is 0.851. The Hall–Kier alpha value is -1.00. The molecule has 1 aromatic carbocycles. The summed E-state index contributed by atoms with van der Waals surface area (Å²) < 4.78 is 31.8. The molecule has 0 aromatic heterocycles. The van der Waals surface area contributed by atoms with E-state index in [0.29, 0.717) is 18.1 Å². The van der Waals surface area contributed by atoms with E-state index >= 15 is 0 Å². The largest absolute Gasteiger partial charge is 0.378 e. The first-order chi connectivity index (χ1) is 8.66. The first-order valence-corrected chi connectivity index (χ1v) is 6.49. The highest BCUT2D eigenvalue weighted by Gasteiger charge is 2.17. The maximum absolute atomic E-state index is 13.5. The van der Waals surface area contributed by atoms with Gasteiger partial charge in [0.2, 0.25) is 0 Å². The van der Waals surface area contributed by atoms with Crippen molar-refractivity contribution in [3.63, 3.8) is 0 Å². The van der Waals surface area contributed by atoms with Gasteiger partial charge in [0.05, 0.1) is 6.10 Å². The van der Waals surface area contributed by atoms with E-state index in [0.717, 1.165) is 38.4 Å². The number of nitrogens with two attached hydrogens (primary N) is 1. The molecular weight excluding hydrogens is 236 g/mol. The van der Waals surface area contributed by atoms with Crippen molar-refractivity contribution < 1.29 is 13.5 Å². The number of ether oxygens (including phenoxy) is 1. The van der Waals surface area contributed by atoms with Crippen molar-refractivity contribution >= 4 is 0 Å². The first-order valence-electron chi connectivity index (χ1n) is 6.49.